The number of benzene rings is 1. The van der Waals surface area contributed by atoms with Crippen molar-refractivity contribution in [3.8, 4) is 6.07 Å². The van der Waals surface area contributed by atoms with Gasteiger partial charge in [-0.2, -0.15) is 5.26 Å². The second-order valence-electron chi connectivity index (χ2n) is 9.44. The first-order valence-corrected chi connectivity index (χ1v) is 13.6. The highest BCUT2D eigenvalue weighted by Crippen LogP contribution is 2.40. The molecular formula is C27H22ClF3N6O2S. The predicted octanol–water partition coefficient (Wildman–Crippen LogP) is 5.06. The first kappa shape index (κ1) is 27.7. The van der Waals surface area contributed by atoms with Crippen LogP contribution in [-0.4, -0.2) is 45.5 Å². The van der Waals surface area contributed by atoms with Crippen LogP contribution in [0.5, 0.6) is 0 Å². The van der Waals surface area contributed by atoms with Gasteiger partial charge in [-0.3, -0.25) is 23.8 Å². The number of carbonyl (C=O) groups is 2. The largest absolute Gasteiger partial charge is 0.351 e. The van der Waals surface area contributed by atoms with E-state index < -0.39 is 54.5 Å². The number of pyridine rings is 2. The van der Waals surface area contributed by atoms with E-state index in [9.17, 15) is 28.0 Å². The molecule has 3 heterocycles. The molecule has 40 heavy (non-hydrogen) atoms. The van der Waals surface area contributed by atoms with E-state index in [2.05, 4.69) is 15.3 Å². The minimum atomic E-state index is -2.88. The van der Waals surface area contributed by atoms with E-state index in [1.54, 1.807) is 28.6 Å². The number of nitriles is 1. The zero-order valence-electron chi connectivity index (χ0n) is 20.8. The third-order valence-electron chi connectivity index (χ3n) is 6.64. The van der Waals surface area contributed by atoms with Crippen LogP contribution in [0.15, 0.2) is 61.1 Å². The fourth-order valence-corrected chi connectivity index (χ4v) is 6.13. The Hall–Kier alpha value is -3.82. The fourth-order valence-electron chi connectivity index (χ4n) is 4.76. The third-order valence-corrected chi connectivity index (χ3v) is 8.12. The molecule has 1 aromatic carbocycles. The topological polar surface area (TPSA) is 102 Å². The van der Waals surface area contributed by atoms with Crippen LogP contribution in [0.25, 0.3) is 0 Å². The monoisotopic (exact) mass is 586 g/mol. The summed E-state index contributed by atoms with van der Waals surface area (Å²) in [6, 6.07) is 9.46. The van der Waals surface area contributed by atoms with Gasteiger partial charge in [-0.25, -0.2) is 18.2 Å². The van der Waals surface area contributed by atoms with Crippen molar-refractivity contribution in [1.29, 1.82) is 5.26 Å². The van der Waals surface area contributed by atoms with E-state index in [0.717, 1.165) is 17.2 Å². The zero-order chi connectivity index (χ0) is 28.4. The van der Waals surface area contributed by atoms with Gasteiger partial charge in [0.05, 0.1) is 29.7 Å². The molecule has 1 N–H and O–H groups in total. The molecule has 8 nitrogen and oxygen atoms in total. The first-order chi connectivity index (χ1) is 19.2. The van der Waals surface area contributed by atoms with Gasteiger partial charge in [0.15, 0.2) is 0 Å². The smallest absolute Gasteiger partial charge is 0.252 e. The Morgan fingerprint density at radius 1 is 1.23 bits per heavy atom. The van der Waals surface area contributed by atoms with Crippen molar-refractivity contribution >= 4 is 46.9 Å². The lowest BCUT2D eigenvalue weighted by Crippen LogP contribution is -2.55. The molecule has 206 valence electrons. The number of hydrogen-bond acceptors (Lipinski definition) is 7. The minimum absolute atomic E-state index is 0.0143. The van der Waals surface area contributed by atoms with Gasteiger partial charge in [-0.15, -0.1) is 0 Å². The van der Waals surface area contributed by atoms with Crippen molar-refractivity contribution in [2.45, 2.75) is 43.3 Å². The number of nitrogens with one attached hydrogen (secondary N) is 1. The van der Waals surface area contributed by atoms with Crippen molar-refractivity contribution in [2.24, 2.45) is 0 Å². The molecule has 2 aromatic heterocycles. The number of anilines is 2. The molecular weight excluding hydrogens is 565 g/mol. The highest BCUT2D eigenvalue weighted by molar-refractivity contribution is 8.01. The molecule has 0 bridgehead atoms. The second-order valence-corrected chi connectivity index (χ2v) is 10.9. The van der Waals surface area contributed by atoms with Crippen molar-refractivity contribution in [3.63, 3.8) is 0 Å². The van der Waals surface area contributed by atoms with Gasteiger partial charge in [-0.05, 0) is 36.6 Å². The number of alkyl halides is 2. The summed E-state index contributed by atoms with van der Waals surface area (Å²) in [5, 5.41) is 12.1. The summed E-state index contributed by atoms with van der Waals surface area (Å²) in [6.45, 7) is 0. The van der Waals surface area contributed by atoms with Crippen LogP contribution < -0.4 is 14.5 Å². The molecule has 5 rings (SSSR count). The lowest BCUT2D eigenvalue weighted by atomic mass is 9.87. The summed E-state index contributed by atoms with van der Waals surface area (Å²) in [5.41, 5.74) is 0.562. The van der Waals surface area contributed by atoms with E-state index in [-0.39, 0.29) is 16.3 Å². The maximum atomic E-state index is 14.4. The highest BCUT2D eigenvalue weighted by Gasteiger charge is 2.48. The van der Waals surface area contributed by atoms with Gasteiger partial charge in [-0.1, -0.05) is 29.8 Å². The van der Waals surface area contributed by atoms with Crippen LogP contribution in [0.3, 0.4) is 0 Å². The second kappa shape index (κ2) is 11.3. The summed E-state index contributed by atoms with van der Waals surface area (Å²) in [6.07, 6.45) is 2.96. The Balaban J connectivity index is 1.58. The Bertz CT molecular complexity index is 1480. The number of nitrogens with zero attached hydrogens (tertiary/aromatic N) is 5. The predicted molar refractivity (Wildman–Crippen MR) is 144 cm³/mol. The number of hydrogen-bond donors (Lipinski definition) is 1. The molecule has 1 unspecified atom stereocenters. The molecule has 1 aliphatic heterocycles. The molecule has 1 aliphatic carbocycles. The van der Waals surface area contributed by atoms with E-state index >= 15 is 0 Å². The molecule has 2 aliphatic rings. The normalized spacial score (nSPS) is 18.9. The number of carbonyl (C=O) groups excluding carboxylic acids is 2. The molecule has 0 spiro atoms. The van der Waals surface area contributed by atoms with Crippen molar-refractivity contribution in [2.75, 3.05) is 15.0 Å². The standard InChI is InChI=1S/C27H22ClF3N6O2S/c28-21-4-2-1-3-20(21)24(25(38)35-18-11-27(30,31)12-18)36(19-10-17(29)14-33-15-19)26(39)22-6-8-40-37(22)23-9-16(13-32)5-7-34-23/h1-5,7,9-10,14-15,18,22,24H,6,8,11-12H2,(H,35,38)/t22-,24?/m0/s1. The summed E-state index contributed by atoms with van der Waals surface area (Å²) in [5.74, 6) is -4.05. The van der Waals surface area contributed by atoms with Crippen LogP contribution in [0.1, 0.15) is 36.4 Å². The van der Waals surface area contributed by atoms with E-state index in [1.807, 2.05) is 6.07 Å². The minimum Gasteiger partial charge on any atom is -0.351 e. The van der Waals surface area contributed by atoms with Crippen LogP contribution in [0.4, 0.5) is 24.7 Å². The highest BCUT2D eigenvalue weighted by atomic mass is 35.5. The van der Waals surface area contributed by atoms with Crippen molar-refractivity contribution in [3.05, 3.63) is 83.0 Å². The summed E-state index contributed by atoms with van der Waals surface area (Å²) in [4.78, 5) is 37.5. The quantitative estimate of drug-likeness (QED) is 0.386. The van der Waals surface area contributed by atoms with Gasteiger partial charge in [0, 0.05) is 47.5 Å². The summed E-state index contributed by atoms with van der Waals surface area (Å²) < 4.78 is 43.2. The first-order valence-electron chi connectivity index (χ1n) is 12.3. The van der Waals surface area contributed by atoms with Gasteiger partial charge >= 0.3 is 0 Å². The molecule has 2 amide bonds. The van der Waals surface area contributed by atoms with Crippen LogP contribution in [0.2, 0.25) is 5.02 Å². The lowest BCUT2D eigenvalue weighted by Gasteiger charge is -2.39. The molecule has 2 atom stereocenters. The third kappa shape index (κ3) is 5.71. The van der Waals surface area contributed by atoms with Crippen molar-refractivity contribution in [1.82, 2.24) is 15.3 Å². The number of rotatable bonds is 7. The van der Waals surface area contributed by atoms with Crippen molar-refractivity contribution < 1.29 is 22.8 Å². The fraction of sp³-hybridized carbons (Fsp3) is 0.296. The summed E-state index contributed by atoms with van der Waals surface area (Å²) >= 11 is 7.82. The number of amides is 2. The molecule has 3 aromatic rings. The molecule has 2 fully saturated rings. The van der Waals surface area contributed by atoms with E-state index in [4.69, 9.17) is 11.6 Å². The average molecular weight is 587 g/mol. The van der Waals surface area contributed by atoms with Gasteiger partial charge in [0.1, 0.15) is 23.7 Å². The molecule has 13 heteroatoms. The zero-order valence-corrected chi connectivity index (χ0v) is 22.4. The maximum absolute atomic E-state index is 14.4. The van der Waals surface area contributed by atoms with Gasteiger partial charge in [0.25, 0.3) is 11.8 Å². The number of halogens is 4. The van der Waals surface area contributed by atoms with E-state index in [1.165, 1.54) is 36.5 Å². The molecule has 1 saturated carbocycles. The Kier molecular flexibility index (Phi) is 7.87. The SMILES string of the molecule is N#Cc1ccnc(N2SCC[C@H]2C(=O)N(c2cncc(F)c2)C(C(=O)NC2CC(F)(F)C2)c2ccccc2Cl)c1. The van der Waals surface area contributed by atoms with Gasteiger partial charge in [0.2, 0.25) is 5.91 Å². The maximum Gasteiger partial charge on any atom is 0.252 e. The van der Waals surface area contributed by atoms with Crippen LogP contribution >= 0.6 is 23.5 Å². The van der Waals surface area contributed by atoms with Gasteiger partial charge < -0.3 is 5.32 Å². The Labute approximate surface area is 237 Å². The Morgan fingerprint density at radius 2 is 2.00 bits per heavy atom. The average Bonchev–Trinajstić information content (AvgIpc) is 3.41. The lowest BCUT2D eigenvalue weighted by molar-refractivity contribution is -0.133. The molecule has 0 radical (unpaired) electrons. The van der Waals surface area contributed by atoms with E-state index in [0.29, 0.717) is 23.6 Å². The van der Waals surface area contributed by atoms with Crippen LogP contribution in [0, 0.1) is 17.1 Å². The molecule has 1 saturated heterocycles. The Morgan fingerprint density at radius 3 is 2.70 bits per heavy atom. The van der Waals surface area contributed by atoms with Crippen LogP contribution in [-0.2, 0) is 9.59 Å². The number of aromatic nitrogens is 2. The summed E-state index contributed by atoms with van der Waals surface area (Å²) in [7, 11) is 0.